The van der Waals surface area contributed by atoms with Crippen LogP contribution in [-0.2, 0) is 0 Å². The minimum atomic E-state index is -0.301. The van der Waals surface area contributed by atoms with Crippen LogP contribution in [0.1, 0.15) is 44.2 Å². The Labute approximate surface area is 102 Å². The fourth-order valence-electron chi connectivity index (χ4n) is 2.10. The fraction of sp³-hybridized carbons (Fsp3) is 0.571. The van der Waals surface area contributed by atoms with E-state index in [2.05, 4.69) is 5.32 Å². The van der Waals surface area contributed by atoms with Gasteiger partial charge in [-0.1, -0.05) is 12.8 Å². The Bertz CT molecular complexity index is 376. The van der Waals surface area contributed by atoms with Crippen molar-refractivity contribution < 1.29 is 9.50 Å². The first-order valence-corrected chi connectivity index (χ1v) is 6.38. The predicted molar refractivity (Wildman–Crippen MR) is 66.4 cm³/mol. The summed E-state index contributed by atoms with van der Waals surface area (Å²) in [4.78, 5) is 0. The van der Waals surface area contributed by atoms with Gasteiger partial charge in [0.15, 0.2) is 0 Å². The van der Waals surface area contributed by atoms with Crippen molar-refractivity contribution in [3.63, 3.8) is 0 Å². The Balaban J connectivity index is 1.80. The lowest BCUT2D eigenvalue weighted by Crippen LogP contribution is -2.20. The molecule has 0 saturated heterocycles. The summed E-state index contributed by atoms with van der Waals surface area (Å²) in [5.74, 6) is 0.813. The smallest absolute Gasteiger partial charge is 0.123 e. The second-order valence-corrected chi connectivity index (χ2v) is 4.96. The molecule has 0 heterocycles. The third kappa shape index (κ3) is 3.70. The molecule has 2 N–H and O–H groups in total. The molecule has 0 aliphatic heterocycles. The Kier molecular flexibility index (Phi) is 4.00. The molecule has 94 valence electrons. The highest BCUT2D eigenvalue weighted by Crippen LogP contribution is 2.33. The van der Waals surface area contributed by atoms with E-state index in [0.29, 0.717) is 5.56 Å². The Morgan fingerprint density at radius 3 is 2.94 bits per heavy atom. The maximum atomic E-state index is 13.1. The third-order valence-electron chi connectivity index (χ3n) is 3.39. The van der Waals surface area contributed by atoms with Gasteiger partial charge in [0.2, 0.25) is 0 Å². The maximum absolute atomic E-state index is 13.1. The van der Waals surface area contributed by atoms with Crippen molar-refractivity contribution in [3.05, 3.63) is 29.6 Å². The summed E-state index contributed by atoms with van der Waals surface area (Å²) in [6, 6.07) is 4.07. The zero-order valence-electron chi connectivity index (χ0n) is 10.2. The molecule has 1 aromatic rings. The average molecular weight is 237 g/mol. The molecule has 0 amide bonds. The number of benzene rings is 1. The van der Waals surface area contributed by atoms with Crippen LogP contribution in [0.25, 0.3) is 0 Å². The predicted octanol–water partition coefficient (Wildman–Crippen LogP) is 3.37. The Hall–Kier alpha value is -1.09. The molecule has 1 aromatic carbocycles. The lowest BCUT2D eigenvalue weighted by Gasteiger charge is -2.15. The van der Waals surface area contributed by atoms with Gasteiger partial charge in [0.25, 0.3) is 0 Å². The monoisotopic (exact) mass is 237 g/mol. The van der Waals surface area contributed by atoms with Crippen LogP contribution in [0.3, 0.4) is 0 Å². The number of phenolic OH excluding ortho intramolecular Hbond substituents is 1. The number of phenols is 1. The minimum absolute atomic E-state index is 0.00935. The van der Waals surface area contributed by atoms with Gasteiger partial charge in [-0.2, -0.15) is 0 Å². The van der Waals surface area contributed by atoms with Crippen molar-refractivity contribution in [2.24, 2.45) is 5.92 Å². The first-order valence-electron chi connectivity index (χ1n) is 6.38. The molecule has 3 heteroatoms. The van der Waals surface area contributed by atoms with Crippen molar-refractivity contribution in [1.82, 2.24) is 5.32 Å². The zero-order chi connectivity index (χ0) is 12.3. The molecule has 2 nitrogen and oxygen atoms in total. The van der Waals surface area contributed by atoms with Crippen molar-refractivity contribution >= 4 is 0 Å². The summed E-state index contributed by atoms with van der Waals surface area (Å²) in [6.07, 6.45) is 5.22. The molecular weight excluding hydrogens is 217 g/mol. The van der Waals surface area contributed by atoms with E-state index in [4.69, 9.17) is 0 Å². The van der Waals surface area contributed by atoms with Gasteiger partial charge in [-0.05, 0) is 50.4 Å². The van der Waals surface area contributed by atoms with E-state index in [-0.39, 0.29) is 17.6 Å². The summed E-state index contributed by atoms with van der Waals surface area (Å²) in [7, 11) is 0. The summed E-state index contributed by atoms with van der Waals surface area (Å²) >= 11 is 0. The van der Waals surface area contributed by atoms with Crippen LogP contribution in [0.2, 0.25) is 0 Å². The highest BCUT2D eigenvalue weighted by atomic mass is 19.1. The summed E-state index contributed by atoms with van der Waals surface area (Å²) in [6.45, 7) is 2.87. The summed E-state index contributed by atoms with van der Waals surface area (Å²) in [5, 5.41) is 13.0. The van der Waals surface area contributed by atoms with Gasteiger partial charge in [-0.25, -0.2) is 4.39 Å². The molecule has 1 atom stereocenters. The van der Waals surface area contributed by atoms with E-state index in [9.17, 15) is 9.50 Å². The molecule has 1 aliphatic carbocycles. The number of hydrogen-bond acceptors (Lipinski definition) is 2. The lowest BCUT2D eigenvalue weighted by atomic mass is 10.1. The van der Waals surface area contributed by atoms with E-state index in [1.165, 1.54) is 37.5 Å². The molecule has 0 spiro atoms. The molecule has 0 aromatic heterocycles. The van der Waals surface area contributed by atoms with E-state index < -0.39 is 0 Å². The molecular formula is C14H20FNO. The standard InChI is InChI=1S/C14H20FNO/c1-10(16-8-2-3-11-4-5-11)13-9-12(15)6-7-14(13)17/h6-7,9-11,16-17H,2-5,8H2,1H3. The number of hydrogen-bond donors (Lipinski definition) is 2. The van der Waals surface area contributed by atoms with Crippen molar-refractivity contribution in [3.8, 4) is 5.75 Å². The topological polar surface area (TPSA) is 32.3 Å². The van der Waals surface area contributed by atoms with Crippen LogP contribution < -0.4 is 5.32 Å². The van der Waals surface area contributed by atoms with Crippen LogP contribution in [0, 0.1) is 11.7 Å². The van der Waals surface area contributed by atoms with Crippen LogP contribution >= 0.6 is 0 Å². The first-order chi connectivity index (χ1) is 8.16. The molecule has 0 radical (unpaired) electrons. The van der Waals surface area contributed by atoms with Crippen LogP contribution in [-0.4, -0.2) is 11.7 Å². The van der Waals surface area contributed by atoms with Gasteiger partial charge in [0, 0.05) is 11.6 Å². The van der Waals surface area contributed by atoms with Crippen LogP contribution in [0.15, 0.2) is 18.2 Å². The fourth-order valence-corrected chi connectivity index (χ4v) is 2.10. The average Bonchev–Trinajstić information content (AvgIpc) is 3.11. The molecule has 1 fully saturated rings. The van der Waals surface area contributed by atoms with Gasteiger partial charge < -0.3 is 10.4 Å². The van der Waals surface area contributed by atoms with Gasteiger partial charge >= 0.3 is 0 Å². The Morgan fingerprint density at radius 1 is 1.47 bits per heavy atom. The van der Waals surface area contributed by atoms with E-state index in [1.807, 2.05) is 6.92 Å². The van der Waals surface area contributed by atoms with E-state index >= 15 is 0 Å². The number of halogens is 1. The molecule has 2 rings (SSSR count). The maximum Gasteiger partial charge on any atom is 0.123 e. The molecule has 1 saturated carbocycles. The quantitative estimate of drug-likeness (QED) is 0.743. The normalized spacial score (nSPS) is 17.1. The second kappa shape index (κ2) is 5.50. The molecule has 1 unspecified atom stereocenters. The molecule has 17 heavy (non-hydrogen) atoms. The van der Waals surface area contributed by atoms with Crippen molar-refractivity contribution in [2.75, 3.05) is 6.54 Å². The summed E-state index contributed by atoms with van der Waals surface area (Å²) < 4.78 is 13.1. The van der Waals surface area contributed by atoms with Crippen molar-refractivity contribution in [1.29, 1.82) is 0 Å². The number of rotatable bonds is 6. The SMILES string of the molecule is CC(NCCCC1CC1)c1cc(F)ccc1O. The highest BCUT2D eigenvalue weighted by Gasteiger charge is 2.20. The van der Waals surface area contributed by atoms with Gasteiger partial charge in [0.1, 0.15) is 11.6 Å². The zero-order valence-corrected chi connectivity index (χ0v) is 10.2. The van der Waals surface area contributed by atoms with Gasteiger partial charge in [0.05, 0.1) is 0 Å². The minimum Gasteiger partial charge on any atom is -0.508 e. The Morgan fingerprint density at radius 2 is 2.24 bits per heavy atom. The van der Waals surface area contributed by atoms with Gasteiger partial charge in [-0.15, -0.1) is 0 Å². The molecule has 1 aliphatic rings. The lowest BCUT2D eigenvalue weighted by molar-refractivity contribution is 0.446. The second-order valence-electron chi connectivity index (χ2n) is 4.96. The number of nitrogens with one attached hydrogen (secondary N) is 1. The van der Waals surface area contributed by atoms with Crippen LogP contribution in [0.5, 0.6) is 5.75 Å². The largest absolute Gasteiger partial charge is 0.508 e. The van der Waals surface area contributed by atoms with E-state index in [0.717, 1.165) is 18.9 Å². The van der Waals surface area contributed by atoms with Gasteiger partial charge in [-0.3, -0.25) is 0 Å². The third-order valence-corrected chi connectivity index (χ3v) is 3.39. The number of aromatic hydroxyl groups is 1. The van der Waals surface area contributed by atoms with E-state index in [1.54, 1.807) is 0 Å². The highest BCUT2D eigenvalue weighted by molar-refractivity contribution is 5.34. The molecule has 0 bridgehead atoms. The first kappa shape index (κ1) is 12.4. The summed E-state index contributed by atoms with van der Waals surface area (Å²) in [5.41, 5.74) is 0.636. The van der Waals surface area contributed by atoms with Crippen LogP contribution in [0.4, 0.5) is 4.39 Å². The van der Waals surface area contributed by atoms with Crippen molar-refractivity contribution in [2.45, 2.75) is 38.6 Å².